The minimum atomic E-state index is -2.56. The molecule has 0 aliphatic heterocycles. The summed E-state index contributed by atoms with van der Waals surface area (Å²) in [6, 6.07) is 6.04. The smallest absolute Gasteiger partial charge is 0.272 e. The van der Waals surface area contributed by atoms with Crippen molar-refractivity contribution >= 4 is 27.7 Å². The summed E-state index contributed by atoms with van der Waals surface area (Å²) in [5.41, 5.74) is 0.808. The second-order valence-corrected chi connectivity index (χ2v) is 3.86. The van der Waals surface area contributed by atoms with E-state index in [1.165, 1.54) is 24.4 Å². The van der Waals surface area contributed by atoms with Crippen LogP contribution in [-0.2, 0) is 0 Å². The molecule has 2 rings (SSSR count). The molecule has 0 atom stereocenters. The Morgan fingerprint density at radius 2 is 2.17 bits per heavy atom. The summed E-state index contributed by atoms with van der Waals surface area (Å²) in [6.07, 6.45) is -1.11. The van der Waals surface area contributed by atoms with Crippen molar-refractivity contribution in [2.24, 2.45) is 0 Å². The molecule has 0 radical (unpaired) electrons. The average Bonchev–Trinajstić information content (AvgIpc) is 2.35. The maximum absolute atomic E-state index is 12.1. The Bertz CT molecular complexity index is 589. The van der Waals surface area contributed by atoms with Crippen LogP contribution >= 0.6 is 11.6 Å². The molecule has 0 bridgehead atoms. The maximum Gasteiger partial charge on any atom is 0.272 e. The Balaban J connectivity index is 2.45. The largest absolute Gasteiger partial charge is 0.487 e. The number of hydrogen-bond acceptors (Lipinski definition) is 3. The molecule has 0 unspecified atom stereocenters. The topological polar surface area (TPSA) is 39.2 Å². The summed E-state index contributed by atoms with van der Waals surface area (Å²) < 4.78 is 29.2. The zero-order chi connectivity index (χ0) is 13.1. The average molecular weight is 272 g/mol. The highest BCUT2D eigenvalue weighted by molar-refractivity contribution is 6.67. The lowest BCUT2D eigenvalue weighted by Gasteiger charge is -2.08. The van der Waals surface area contributed by atoms with Gasteiger partial charge in [0.15, 0.2) is 0 Å². The Morgan fingerprint density at radius 3 is 2.83 bits per heavy atom. The molecule has 1 aromatic carbocycles. The van der Waals surface area contributed by atoms with Gasteiger partial charge in [-0.3, -0.25) is 9.78 Å². The first-order chi connectivity index (χ1) is 8.58. The number of carbonyl (C=O) groups is 1. The van der Waals surface area contributed by atoms with Crippen molar-refractivity contribution < 1.29 is 18.3 Å². The van der Waals surface area contributed by atoms with Crippen molar-refractivity contribution in [3.63, 3.8) is 0 Å². The van der Waals surface area contributed by atoms with Crippen molar-refractivity contribution in [2.45, 2.75) is 6.43 Å². The van der Waals surface area contributed by atoms with Crippen LogP contribution in [0.15, 0.2) is 30.5 Å². The number of aromatic nitrogens is 1. The van der Waals surface area contributed by atoms with Crippen LogP contribution in [0.1, 0.15) is 10.4 Å². The zero-order valence-corrected chi connectivity index (χ0v) is 9.82. The van der Waals surface area contributed by atoms with E-state index in [2.05, 4.69) is 4.98 Å². The van der Waals surface area contributed by atoms with Gasteiger partial charge in [-0.1, -0.05) is 0 Å². The Morgan fingerprint density at radius 1 is 1.39 bits per heavy atom. The molecule has 0 amide bonds. The summed E-state index contributed by atoms with van der Waals surface area (Å²) in [6.45, 7) is -0.710. The molecule has 2 aromatic rings. The fourth-order valence-corrected chi connectivity index (χ4v) is 1.64. The molecule has 0 N–H and O–H groups in total. The van der Waals surface area contributed by atoms with Gasteiger partial charge in [0, 0.05) is 17.1 Å². The number of halogens is 3. The molecule has 1 aromatic heterocycles. The second-order valence-electron chi connectivity index (χ2n) is 3.52. The van der Waals surface area contributed by atoms with Crippen molar-refractivity contribution in [2.75, 3.05) is 6.61 Å². The summed E-state index contributed by atoms with van der Waals surface area (Å²) in [5, 5.41) is -0.148. The zero-order valence-electron chi connectivity index (χ0n) is 9.07. The van der Waals surface area contributed by atoms with E-state index in [0.717, 1.165) is 0 Å². The SMILES string of the molecule is O=C(Cl)c1ccc2nccc(OCC(F)F)c2c1. The Labute approximate surface area is 106 Å². The lowest BCUT2D eigenvalue weighted by molar-refractivity contribution is 0.0826. The van der Waals surface area contributed by atoms with E-state index in [1.807, 2.05) is 0 Å². The Hall–Kier alpha value is -1.75. The van der Waals surface area contributed by atoms with E-state index < -0.39 is 18.3 Å². The standard InChI is InChI=1S/C12H8ClF2NO2/c13-12(17)7-1-2-9-8(5-7)10(3-4-16-9)18-6-11(14)15/h1-5,11H,6H2. The number of pyridine rings is 1. The van der Waals surface area contributed by atoms with E-state index in [1.54, 1.807) is 6.07 Å². The highest BCUT2D eigenvalue weighted by Crippen LogP contribution is 2.25. The number of rotatable bonds is 4. The molecule has 0 saturated carbocycles. The van der Waals surface area contributed by atoms with Gasteiger partial charge in [-0.2, -0.15) is 0 Å². The van der Waals surface area contributed by atoms with Crippen LogP contribution in [0.4, 0.5) is 8.78 Å². The van der Waals surface area contributed by atoms with Crippen LogP contribution in [0.2, 0.25) is 0 Å². The van der Waals surface area contributed by atoms with E-state index in [4.69, 9.17) is 16.3 Å². The third-order valence-electron chi connectivity index (χ3n) is 2.29. The predicted octanol–water partition coefficient (Wildman–Crippen LogP) is 3.26. The van der Waals surface area contributed by atoms with Crippen LogP contribution in [0, 0.1) is 0 Å². The number of benzene rings is 1. The van der Waals surface area contributed by atoms with E-state index in [0.29, 0.717) is 10.9 Å². The monoisotopic (exact) mass is 271 g/mol. The molecule has 0 saturated heterocycles. The van der Waals surface area contributed by atoms with Gasteiger partial charge in [-0.25, -0.2) is 8.78 Å². The first kappa shape index (κ1) is 12.7. The van der Waals surface area contributed by atoms with E-state index >= 15 is 0 Å². The maximum atomic E-state index is 12.1. The van der Waals surface area contributed by atoms with Crippen LogP contribution in [0.25, 0.3) is 10.9 Å². The minimum Gasteiger partial charge on any atom is -0.487 e. The lowest BCUT2D eigenvalue weighted by Crippen LogP contribution is -2.07. The molecule has 1 heterocycles. The first-order valence-electron chi connectivity index (χ1n) is 5.07. The van der Waals surface area contributed by atoms with Crippen molar-refractivity contribution in [1.29, 1.82) is 0 Å². The molecule has 0 aliphatic rings. The number of nitrogens with zero attached hydrogens (tertiary/aromatic N) is 1. The third kappa shape index (κ3) is 2.73. The molecule has 18 heavy (non-hydrogen) atoms. The minimum absolute atomic E-state index is 0.250. The van der Waals surface area contributed by atoms with Gasteiger partial charge in [-0.05, 0) is 35.9 Å². The van der Waals surface area contributed by atoms with Gasteiger partial charge >= 0.3 is 0 Å². The summed E-state index contributed by atoms with van der Waals surface area (Å²) in [7, 11) is 0. The van der Waals surface area contributed by atoms with Crippen molar-refractivity contribution in [1.82, 2.24) is 4.98 Å². The van der Waals surface area contributed by atoms with Gasteiger partial charge in [-0.15, -0.1) is 0 Å². The van der Waals surface area contributed by atoms with Crippen LogP contribution in [0.5, 0.6) is 5.75 Å². The number of alkyl halides is 2. The van der Waals surface area contributed by atoms with Crippen molar-refractivity contribution in [3.05, 3.63) is 36.0 Å². The molecule has 0 aliphatic carbocycles. The number of hydrogen-bond donors (Lipinski definition) is 0. The molecule has 0 spiro atoms. The lowest BCUT2D eigenvalue weighted by atomic mass is 10.1. The number of carbonyl (C=O) groups excluding carboxylic acids is 1. The molecular weight excluding hydrogens is 264 g/mol. The fraction of sp³-hybridized carbons (Fsp3) is 0.167. The number of fused-ring (bicyclic) bond motifs is 1. The van der Waals surface area contributed by atoms with Crippen LogP contribution in [0.3, 0.4) is 0 Å². The van der Waals surface area contributed by atoms with Gasteiger partial charge in [0.2, 0.25) is 0 Å². The normalized spacial score (nSPS) is 10.9. The first-order valence-corrected chi connectivity index (χ1v) is 5.45. The summed E-state index contributed by atoms with van der Waals surface area (Å²) in [5.74, 6) is 0.250. The summed E-state index contributed by atoms with van der Waals surface area (Å²) in [4.78, 5) is 15.1. The van der Waals surface area contributed by atoms with Gasteiger partial charge in [0.1, 0.15) is 12.4 Å². The molecular formula is C12H8ClF2NO2. The Kier molecular flexibility index (Phi) is 3.72. The van der Waals surface area contributed by atoms with Gasteiger partial charge < -0.3 is 4.74 Å². The van der Waals surface area contributed by atoms with Gasteiger partial charge in [0.25, 0.3) is 11.7 Å². The number of ether oxygens (including phenoxy) is 1. The molecule has 3 nitrogen and oxygen atoms in total. The molecule has 6 heteroatoms. The van der Waals surface area contributed by atoms with Crippen molar-refractivity contribution in [3.8, 4) is 5.75 Å². The third-order valence-corrected chi connectivity index (χ3v) is 2.51. The van der Waals surface area contributed by atoms with Crippen LogP contribution in [-0.4, -0.2) is 23.3 Å². The fourth-order valence-electron chi connectivity index (χ4n) is 1.52. The predicted molar refractivity (Wildman–Crippen MR) is 63.4 cm³/mol. The molecule has 94 valence electrons. The second kappa shape index (κ2) is 5.27. The quantitative estimate of drug-likeness (QED) is 0.801. The highest BCUT2D eigenvalue weighted by atomic mass is 35.5. The van der Waals surface area contributed by atoms with Gasteiger partial charge in [0.05, 0.1) is 5.52 Å². The van der Waals surface area contributed by atoms with E-state index in [9.17, 15) is 13.6 Å². The van der Waals surface area contributed by atoms with Crippen LogP contribution < -0.4 is 4.74 Å². The van der Waals surface area contributed by atoms with E-state index in [-0.39, 0.29) is 11.3 Å². The highest BCUT2D eigenvalue weighted by Gasteiger charge is 2.10. The molecule has 0 fully saturated rings. The summed E-state index contributed by atoms with van der Waals surface area (Å²) >= 11 is 5.36.